The number of anilines is 1. The summed E-state index contributed by atoms with van der Waals surface area (Å²) >= 11 is 0. The van der Waals surface area contributed by atoms with E-state index in [1.807, 2.05) is 30.3 Å². The standard InChI is InChI=1S/C22H24N2O4S/c1-16-10-12-24(13-11-16)29(26,27)20-8-6-19(7-9-20)23-22(25)18-14-17-4-2-3-5-21(17)28-15-18/h2-9,14,16H,10-13,15H2,1H3,(H,23,25). The Balaban J connectivity index is 1.45. The van der Waals surface area contributed by atoms with Crippen molar-refractivity contribution >= 4 is 27.7 Å². The minimum Gasteiger partial charge on any atom is -0.488 e. The van der Waals surface area contributed by atoms with Crippen LogP contribution >= 0.6 is 0 Å². The van der Waals surface area contributed by atoms with Crippen molar-refractivity contribution in [3.05, 3.63) is 59.7 Å². The quantitative estimate of drug-likeness (QED) is 0.834. The largest absolute Gasteiger partial charge is 0.488 e. The van der Waals surface area contributed by atoms with E-state index in [9.17, 15) is 13.2 Å². The van der Waals surface area contributed by atoms with Crippen molar-refractivity contribution in [1.29, 1.82) is 0 Å². The number of carbonyl (C=O) groups excluding carboxylic acids is 1. The number of para-hydroxylation sites is 1. The van der Waals surface area contributed by atoms with Gasteiger partial charge in [-0.05, 0) is 55.2 Å². The SMILES string of the molecule is CC1CCN(S(=O)(=O)c2ccc(NC(=O)C3=Cc4ccccc4OC3)cc2)CC1. The van der Waals surface area contributed by atoms with Gasteiger partial charge in [-0.1, -0.05) is 25.1 Å². The van der Waals surface area contributed by atoms with Gasteiger partial charge in [-0.25, -0.2) is 8.42 Å². The first-order valence-electron chi connectivity index (χ1n) is 9.77. The zero-order valence-electron chi connectivity index (χ0n) is 16.3. The summed E-state index contributed by atoms with van der Waals surface area (Å²) in [6, 6.07) is 13.9. The molecule has 0 aliphatic carbocycles. The summed E-state index contributed by atoms with van der Waals surface area (Å²) in [6.07, 6.45) is 3.58. The van der Waals surface area contributed by atoms with E-state index < -0.39 is 10.0 Å². The predicted octanol–water partition coefficient (Wildman–Crippen LogP) is 3.52. The number of nitrogens with zero attached hydrogens (tertiary/aromatic N) is 1. The highest BCUT2D eigenvalue weighted by atomic mass is 32.2. The number of benzene rings is 2. The molecule has 0 radical (unpaired) electrons. The molecule has 1 N–H and O–H groups in total. The van der Waals surface area contributed by atoms with Crippen molar-refractivity contribution in [1.82, 2.24) is 4.31 Å². The van der Waals surface area contributed by atoms with Gasteiger partial charge in [-0.2, -0.15) is 4.31 Å². The zero-order valence-corrected chi connectivity index (χ0v) is 17.1. The molecule has 0 aromatic heterocycles. The molecule has 0 spiro atoms. The van der Waals surface area contributed by atoms with Gasteiger partial charge >= 0.3 is 0 Å². The van der Waals surface area contributed by atoms with Crippen LogP contribution in [-0.2, 0) is 14.8 Å². The Kier molecular flexibility index (Phi) is 5.43. The molecular formula is C22H24N2O4S. The lowest BCUT2D eigenvalue weighted by atomic mass is 10.0. The average molecular weight is 413 g/mol. The molecule has 2 aliphatic rings. The number of rotatable bonds is 4. The van der Waals surface area contributed by atoms with Crippen LogP contribution in [0.15, 0.2) is 59.0 Å². The lowest BCUT2D eigenvalue weighted by molar-refractivity contribution is -0.113. The fraction of sp³-hybridized carbons (Fsp3) is 0.318. The molecule has 0 atom stereocenters. The second-order valence-electron chi connectivity index (χ2n) is 7.56. The van der Waals surface area contributed by atoms with Crippen molar-refractivity contribution in [2.75, 3.05) is 25.0 Å². The Morgan fingerprint density at radius 3 is 2.48 bits per heavy atom. The normalized spacial score (nSPS) is 17.8. The summed E-state index contributed by atoms with van der Waals surface area (Å²) in [4.78, 5) is 12.8. The van der Waals surface area contributed by atoms with Crippen LogP contribution in [-0.4, -0.2) is 38.3 Å². The molecule has 1 saturated heterocycles. The first kappa shape index (κ1) is 19.7. The fourth-order valence-corrected chi connectivity index (χ4v) is 5.01. The number of amides is 1. The average Bonchev–Trinajstić information content (AvgIpc) is 2.74. The maximum atomic E-state index is 12.8. The second-order valence-corrected chi connectivity index (χ2v) is 9.50. The van der Waals surface area contributed by atoms with Crippen LogP contribution in [0.1, 0.15) is 25.3 Å². The third-order valence-electron chi connectivity index (χ3n) is 5.42. The van der Waals surface area contributed by atoms with Gasteiger partial charge in [-0.15, -0.1) is 0 Å². The summed E-state index contributed by atoms with van der Waals surface area (Å²) in [6.45, 7) is 3.45. The van der Waals surface area contributed by atoms with E-state index in [1.54, 1.807) is 28.6 Å². The van der Waals surface area contributed by atoms with Gasteiger partial charge in [0.25, 0.3) is 5.91 Å². The lowest BCUT2D eigenvalue weighted by Gasteiger charge is -2.29. The molecule has 2 aromatic carbocycles. The Bertz CT molecular complexity index is 1040. The number of carbonyl (C=O) groups is 1. The number of piperidine rings is 1. The van der Waals surface area contributed by atoms with Gasteiger partial charge in [-0.3, -0.25) is 4.79 Å². The van der Waals surface area contributed by atoms with E-state index in [2.05, 4.69) is 12.2 Å². The molecule has 1 fully saturated rings. The molecule has 7 heteroatoms. The summed E-state index contributed by atoms with van der Waals surface area (Å²) in [5.74, 6) is 1.05. The lowest BCUT2D eigenvalue weighted by Crippen LogP contribution is -2.37. The summed E-state index contributed by atoms with van der Waals surface area (Å²) in [7, 11) is -3.50. The van der Waals surface area contributed by atoms with Crippen LogP contribution in [0.5, 0.6) is 5.75 Å². The monoisotopic (exact) mass is 412 g/mol. The predicted molar refractivity (Wildman–Crippen MR) is 112 cm³/mol. The Morgan fingerprint density at radius 1 is 1.07 bits per heavy atom. The number of hydrogen-bond acceptors (Lipinski definition) is 4. The van der Waals surface area contributed by atoms with Crippen molar-refractivity contribution in [2.24, 2.45) is 5.92 Å². The smallest absolute Gasteiger partial charge is 0.255 e. The molecule has 1 amide bonds. The third-order valence-corrected chi connectivity index (χ3v) is 7.33. The number of fused-ring (bicyclic) bond motifs is 1. The highest BCUT2D eigenvalue weighted by Gasteiger charge is 2.28. The van der Waals surface area contributed by atoms with Crippen LogP contribution in [0.3, 0.4) is 0 Å². The zero-order chi connectivity index (χ0) is 20.4. The van der Waals surface area contributed by atoms with Crippen LogP contribution in [0, 0.1) is 5.92 Å². The van der Waals surface area contributed by atoms with E-state index in [0.717, 1.165) is 24.2 Å². The Morgan fingerprint density at radius 2 is 1.76 bits per heavy atom. The molecule has 0 saturated carbocycles. The number of nitrogens with one attached hydrogen (secondary N) is 1. The molecule has 2 aliphatic heterocycles. The van der Waals surface area contributed by atoms with E-state index >= 15 is 0 Å². The van der Waals surface area contributed by atoms with Crippen molar-refractivity contribution in [3.8, 4) is 5.75 Å². The molecule has 4 rings (SSSR count). The molecule has 6 nitrogen and oxygen atoms in total. The van der Waals surface area contributed by atoms with Gasteiger partial charge in [0.15, 0.2) is 0 Å². The highest BCUT2D eigenvalue weighted by Crippen LogP contribution is 2.27. The Hall–Kier alpha value is -2.64. The van der Waals surface area contributed by atoms with Crippen LogP contribution in [0.25, 0.3) is 6.08 Å². The van der Waals surface area contributed by atoms with Crippen molar-refractivity contribution < 1.29 is 17.9 Å². The van der Waals surface area contributed by atoms with E-state index in [4.69, 9.17) is 4.74 Å². The topological polar surface area (TPSA) is 75.7 Å². The van der Waals surface area contributed by atoms with Gasteiger partial charge in [0.1, 0.15) is 12.4 Å². The Labute approximate surface area is 171 Å². The van der Waals surface area contributed by atoms with Crippen molar-refractivity contribution in [2.45, 2.75) is 24.7 Å². The van der Waals surface area contributed by atoms with Gasteiger partial charge in [0.05, 0.1) is 10.5 Å². The second kappa shape index (κ2) is 8.00. The summed E-state index contributed by atoms with van der Waals surface area (Å²) < 4.78 is 32.8. The molecule has 0 bridgehead atoms. The molecule has 29 heavy (non-hydrogen) atoms. The third kappa shape index (κ3) is 4.21. The van der Waals surface area contributed by atoms with Gasteiger partial charge in [0, 0.05) is 24.3 Å². The number of sulfonamides is 1. The summed E-state index contributed by atoms with van der Waals surface area (Å²) in [5.41, 5.74) is 1.92. The van der Waals surface area contributed by atoms with Crippen molar-refractivity contribution in [3.63, 3.8) is 0 Å². The van der Waals surface area contributed by atoms with Gasteiger partial charge < -0.3 is 10.1 Å². The van der Waals surface area contributed by atoms with E-state index in [0.29, 0.717) is 30.3 Å². The van der Waals surface area contributed by atoms with Crippen LogP contribution in [0.2, 0.25) is 0 Å². The van der Waals surface area contributed by atoms with Crippen LogP contribution < -0.4 is 10.1 Å². The summed E-state index contributed by atoms with van der Waals surface area (Å²) in [5, 5.41) is 2.81. The number of ether oxygens (including phenoxy) is 1. The number of hydrogen-bond donors (Lipinski definition) is 1. The highest BCUT2D eigenvalue weighted by molar-refractivity contribution is 7.89. The molecule has 2 aromatic rings. The molecular weight excluding hydrogens is 388 g/mol. The molecule has 2 heterocycles. The minimum absolute atomic E-state index is 0.197. The first-order chi connectivity index (χ1) is 13.9. The van der Waals surface area contributed by atoms with E-state index in [1.165, 1.54) is 0 Å². The van der Waals surface area contributed by atoms with Crippen LogP contribution in [0.4, 0.5) is 5.69 Å². The molecule has 0 unspecified atom stereocenters. The molecule has 152 valence electrons. The maximum Gasteiger partial charge on any atom is 0.255 e. The minimum atomic E-state index is -3.50. The van der Waals surface area contributed by atoms with Gasteiger partial charge in [0.2, 0.25) is 10.0 Å². The van der Waals surface area contributed by atoms with E-state index in [-0.39, 0.29) is 17.4 Å². The maximum absolute atomic E-state index is 12.8. The fourth-order valence-electron chi connectivity index (χ4n) is 3.54. The first-order valence-corrected chi connectivity index (χ1v) is 11.2.